The quantitative estimate of drug-likeness (QED) is 0.356. The summed E-state index contributed by atoms with van der Waals surface area (Å²) in [6.45, 7) is 7.33. The molecular weight excluding hydrogens is 402 g/mol. The van der Waals surface area contributed by atoms with Gasteiger partial charge in [-0.1, -0.05) is 32.4 Å². The van der Waals surface area contributed by atoms with E-state index in [0.29, 0.717) is 38.9 Å². The second kappa shape index (κ2) is 17.0. The third-order valence-corrected chi connectivity index (χ3v) is 4.14. The Morgan fingerprint density at radius 1 is 1.19 bits per heavy atom. The number of nitrogens with one attached hydrogen (secondary N) is 1. The number of benzene rings is 1. The summed E-state index contributed by atoms with van der Waals surface area (Å²) in [4.78, 5) is 47.5. The highest BCUT2D eigenvalue weighted by Crippen LogP contribution is 2.24. The van der Waals surface area contributed by atoms with Crippen LogP contribution >= 0.6 is 0 Å². The molecule has 174 valence electrons. The lowest BCUT2D eigenvalue weighted by Gasteiger charge is -2.26. The van der Waals surface area contributed by atoms with Crippen LogP contribution in [0.15, 0.2) is 18.2 Å². The predicted molar refractivity (Wildman–Crippen MR) is 118 cm³/mol. The van der Waals surface area contributed by atoms with Crippen LogP contribution in [0.3, 0.4) is 0 Å². The van der Waals surface area contributed by atoms with Crippen LogP contribution < -0.4 is 15.8 Å². The molecule has 0 fully saturated rings. The normalized spacial score (nSPS) is 10.9. The van der Waals surface area contributed by atoms with Crippen LogP contribution in [0.25, 0.3) is 0 Å². The summed E-state index contributed by atoms with van der Waals surface area (Å²) < 4.78 is 10.9. The summed E-state index contributed by atoms with van der Waals surface area (Å²) in [7, 11) is 1.58. The van der Waals surface area contributed by atoms with Crippen LogP contribution in [0.5, 0.6) is 5.75 Å². The molecule has 3 N–H and O–H groups in total. The Hall–Kier alpha value is -2.78. The molecule has 9 nitrogen and oxygen atoms in total. The second-order valence-electron chi connectivity index (χ2n) is 6.78. The van der Waals surface area contributed by atoms with Crippen molar-refractivity contribution in [2.45, 2.75) is 46.1 Å². The van der Waals surface area contributed by atoms with E-state index in [4.69, 9.17) is 15.2 Å². The first-order valence-corrected chi connectivity index (χ1v) is 10.4. The zero-order valence-electron chi connectivity index (χ0n) is 18.9. The third-order valence-electron chi connectivity index (χ3n) is 4.14. The third kappa shape index (κ3) is 10.7. The largest absolute Gasteiger partial charge is 0.490 e. The molecule has 0 bridgehead atoms. The maximum atomic E-state index is 13.0. The minimum atomic E-state index is -0.419. The number of aldehydes is 1. The average molecular weight is 438 g/mol. The number of nitrogens with zero attached hydrogens (tertiary/aromatic N) is 1. The number of ether oxygens (including phenoxy) is 2. The Bertz CT molecular complexity index is 696. The van der Waals surface area contributed by atoms with Crippen molar-refractivity contribution in [1.29, 1.82) is 0 Å². The summed E-state index contributed by atoms with van der Waals surface area (Å²) in [6, 6.07) is 4.47. The maximum absolute atomic E-state index is 13.0. The van der Waals surface area contributed by atoms with E-state index in [2.05, 4.69) is 19.2 Å². The van der Waals surface area contributed by atoms with Gasteiger partial charge in [-0.25, -0.2) is 0 Å². The van der Waals surface area contributed by atoms with Gasteiger partial charge in [-0.3, -0.25) is 24.5 Å². The number of amides is 3. The van der Waals surface area contributed by atoms with Crippen molar-refractivity contribution >= 4 is 24.5 Å². The van der Waals surface area contributed by atoms with E-state index in [-0.39, 0.29) is 35.9 Å². The molecule has 1 aromatic rings. The summed E-state index contributed by atoms with van der Waals surface area (Å²) in [5.41, 5.74) is 5.72. The highest BCUT2D eigenvalue weighted by Gasteiger charge is 2.24. The Morgan fingerprint density at radius 3 is 2.45 bits per heavy atom. The first-order valence-electron chi connectivity index (χ1n) is 10.4. The molecule has 0 radical (unpaired) electrons. The maximum Gasteiger partial charge on any atom is 0.258 e. The molecule has 0 aliphatic heterocycles. The number of carbonyl (C=O) groups is 4. The minimum Gasteiger partial charge on any atom is -0.490 e. The van der Waals surface area contributed by atoms with Crippen LogP contribution in [-0.2, 0) is 14.3 Å². The van der Waals surface area contributed by atoms with Gasteiger partial charge in [0.2, 0.25) is 12.3 Å². The lowest BCUT2D eigenvalue weighted by molar-refractivity contribution is -0.125. The number of imide groups is 1. The van der Waals surface area contributed by atoms with Crippen LogP contribution in [0.4, 0.5) is 0 Å². The van der Waals surface area contributed by atoms with Gasteiger partial charge in [-0.05, 0) is 19.4 Å². The number of rotatable bonds is 13. The SMILES string of the molecule is CC(CCC(=O)NC=O)N(C)C(=O)c1c(C=O)cccc1OCCOCCN.CCC. The fourth-order valence-corrected chi connectivity index (χ4v) is 2.44. The Balaban J connectivity index is 0.00000282. The van der Waals surface area contributed by atoms with Crippen molar-refractivity contribution in [3.05, 3.63) is 29.3 Å². The number of carbonyl (C=O) groups excluding carboxylic acids is 4. The molecule has 0 heterocycles. The fourth-order valence-electron chi connectivity index (χ4n) is 2.44. The average Bonchev–Trinajstić information content (AvgIpc) is 2.76. The van der Waals surface area contributed by atoms with E-state index in [1.807, 2.05) is 0 Å². The van der Waals surface area contributed by atoms with Crippen LogP contribution in [-0.4, -0.2) is 68.9 Å². The lowest BCUT2D eigenvalue weighted by atomic mass is 10.0. The minimum absolute atomic E-state index is 0.0920. The number of nitrogens with two attached hydrogens (primary N) is 1. The molecule has 0 aliphatic carbocycles. The first kappa shape index (κ1) is 28.2. The van der Waals surface area contributed by atoms with Crippen molar-refractivity contribution < 1.29 is 28.7 Å². The Morgan fingerprint density at radius 2 is 1.87 bits per heavy atom. The van der Waals surface area contributed by atoms with Gasteiger partial charge in [0, 0.05) is 31.6 Å². The fraction of sp³-hybridized carbons (Fsp3) is 0.545. The summed E-state index contributed by atoms with van der Waals surface area (Å²) >= 11 is 0. The molecule has 1 aromatic carbocycles. The van der Waals surface area contributed by atoms with Crippen molar-refractivity contribution in [2.75, 3.05) is 33.4 Å². The lowest BCUT2D eigenvalue weighted by Crippen LogP contribution is -2.37. The van der Waals surface area contributed by atoms with Crippen molar-refractivity contribution in [3.63, 3.8) is 0 Å². The molecule has 31 heavy (non-hydrogen) atoms. The molecule has 1 rings (SSSR count). The molecule has 1 unspecified atom stereocenters. The van der Waals surface area contributed by atoms with Gasteiger partial charge in [0.05, 0.1) is 18.8 Å². The molecule has 3 amide bonds. The summed E-state index contributed by atoms with van der Waals surface area (Å²) in [6.07, 6.45) is 2.62. The van der Waals surface area contributed by atoms with Crippen molar-refractivity contribution in [1.82, 2.24) is 10.2 Å². The van der Waals surface area contributed by atoms with Crippen molar-refractivity contribution in [2.24, 2.45) is 5.73 Å². The first-order chi connectivity index (χ1) is 14.9. The Labute approximate surface area is 184 Å². The van der Waals surface area contributed by atoms with E-state index in [0.717, 1.165) is 0 Å². The van der Waals surface area contributed by atoms with E-state index in [9.17, 15) is 19.2 Å². The molecule has 1 atom stereocenters. The smallest absolute Gasteiger partial charge is 0.258 e. The van der Waals surface area contributed by atoms with Gasteiger partial charge < -0.3 is 20.1 Å². The standard InChI is InChI=1S/C19H27N3O6.C3H8/c1-14(6-7-17(25)21-13-24)22(2)19(26)18-15(12-23)4-3-5-16(18)28-11-10-27-9-8-20;1-3-2/h3-5,12-14H,6-11,20H2,1-2H3,(H,21,24,25);3H2,1-2H3. The highest BCUT2D eigenvalue weighted by atomic mass is 16.5. The molecule has 0 saturated carbocycles. The summed E-state index contributed by atoms with van der Waals surface area (Å²) in [5.74, 6) is -0.537. The molecule has 9 heteroatoms. The molecule has 0 aliphatic rings. The molecule has 0 aromatic heterocycles. The van der Waals surface area contributed by atoms with E-state index in [1.165, 1.54) is 17.4 Å². The van der Waals surface area contributed by atoms with E-state index < -0.39 is 11.8 Å². The predicted octanol–water partition coefficient (Wildman–Crippen LogP) is 1.78. The number of hydrogen-bond acceptors (Lipinski definition) is 7. The van der Waals surface area contributed by atoms with Crippen LogP contribution in [0.1, 0.15) is 60.7 Å². The molecular formula is C22H35N3O6. The van der Waals surface area contributed by atoms with Crippen LogP contribution in [0, 0.1) is 0 Å². The molecule has 0 saturated heterocycles. The van der Waals surface area contributed by atoms with Crippen molar-refractivity contribution in [3.8, 4) is 5.75 Å². The number of hydrogen-bond donors (Lipinski definition) is 2. The van der Waals surface area contributed by atoms with Gasteiger partial charge in [0.25, 0.3) is 5.91 Å². The monoisotopic (exact) mass is 437 g/mol. The topological polar surface area (TPSA) is 128 Å². The van der Waals surface area contributed by atoms with Gasteiger partial charge in [-0.15, -0.1) is 0 Å². The Kier molecular flexibility index (Phi) is 15.4. The van der Waals surface area contributed by atoms with E-state index >= 15 is 0 Å². The van der Waals surface area contributed by atoms with Crippen LogP contribution in [0.2, 0.25) is 0 Å². The van der Waals surface area contributed by atoms with E-state index in [1.54, 1.807) is 26.1 Å². The van der Waals surface area contributed by atoms with Gasteiger partial charge in [-0.2, -0.15) is 0 Å². The summed E-state index contributed by atoms with van der Waals surface area (Å²) in [5, 5.41) is 2.06. The van der Waals surface area contributed by atoms with Gasteiger partial charge in [0.1, 0.15) is 12.4 Å². The zero-order valence-corrected chi connectivity index (χ0v) is 18.9. The highest BCUT2D eigenvalue weighted by molar-refractivity contribution is 6.03. The van der Waals surface area contributed by atoms with Gasteiger partial charge in [0.15, 0.2) is 6.29 Å². The van der Waals surface area contributed by atoms with Gasteiger partial charge >= 0.3 is 0 Å². The zero-order chi connectivity index (χ0) is 23.6. The second-order valence-corrected chi connectivity index (χ2v) is 6.78. The molecule has 0 spiro atoms.